The summed E-state index contributed by atoms with van der Waals surface area (Å²) in [5, 5.41) is 24.0. The Morgan fingerprint density at radius 2 is 2.17 bits per heavy atom. The van der Waals surface area contributed by atoms with Crippen molar-refractivity contribution >= 4 is 24.3 Å². The van der Waals surface area contributed by atoms with Gasteiger partial charge in [0.2, 0.25) is 0 Å². The van der Waals surface area contributed by atoms with E-state index in [0.717, 1.165) is 0 Å². The van der Waals surface area contributed by atoms with E-state index in [1.165, 1.54) is 18.2 Å². The number of rotatable bonds is 4. The van der Waals surface area contributed by atoms with Crippen LogP contribution in [0.2, 0.25) is 0 Å². The molecule has 7 nitrogen and oxygen atoms in total. The smallest absolute Gasteiger partial charge is 0.336 e. The van der Waals surface area contributed by atoms with Crippen molar-refractivity contribution in [2.24, 2.45) is 0 Å². The number of dihydropyridines is 1. The van der Waals surface area contributed by atoms with Gasteiger partial charge in [0.25, 0.3) is 5.69 Å². The molecule has 0 fully saturated rings. The van der Waals surface area contributed by atoms with Crippen molar-refractivity contribution in [3.63, 3.8) is 0 Å². The Hall–Kier alpha value is -2.79. The first-order chi connectivity index (χ1) is 11.4. The number of allylic oxidation sites excluding steroid dienone is 2. The predicted molar refractivity (Wildman–Crippen MR) is 89.9 cm³/mol. The topological polar surface area (TPSA) is 105 Å². The number of benzene rings is 1. The highest BCUT2D eigenvalue weighted by atomic mass is 32.1. The number of nitro benzene ring substituents is 1. The monoisotopic (exact) mass is 345 g/mol. The second kappa shape index (κ2) is 7.19. The third kappa shape index (κ3) is 3.12. The van der Waals surface area contributed by atoms with Crippen LogP contribution in [0.4, 0.5) is 5.69 Å². The van der Waals surface area contributed by atoms with Crippen LogP contribution >= 0.6 is 12.6 Å². The number of para-hydroxylation sites is 1. The number of hydrogen-bond acceptors (Lipinski definition) is 7. The molecule has 0 saturated carbocycles. The minimum atomic E-state index is -0.913. The first kappa shape index (κ1) is 17.6. The van der Waals surface area contributed by atoms with Gasteiger partial charge < -0.3 is 10.1 Å². The molecule has 1 aliphatic rings. The third-order valence-electron chi connectivity index (χ3n) is 3.60. The minimum absolute atomic E-state index is 0.126. The van der Waals surface area contributed by atoms with Crippen molar-refractivity contribution in [1.29, 1.82) is 5.26 Å². The highest BCUT2D eigenvalue weighted by Crippen LogP contribution is 2.42. The second-order valence-corrected chi connectivity index (χ2v) is 5.45. The van der Waals surface area contributed by atoms with Crippen LogP contribution in [0.25, 0.3) is 0 Å². The Bertz CT molecular complexity index is 808. The van der Waals surface area contributed by atoms with Crippen LogP contribution in [0.15, 0.2) is 46.1 Å². The molecular weight excluding hydrogens is 330 g/mol. The largest absolute Gasteiger partial charge is 0.463 e. The van der Waals surface area contributed by atoms with E-state index in [-0.39, 0.29) is 34.0 Å². The van der Waals surface area contributed by atoms with E-state index in [1.807, 2.05) is 6.07 Å². The quantitative estimate of drug-likeness (QED) is 0.376. The minimum Gasteiger partial charge on any atom is -0.463 e. The molecule has 1 atom stereocenters. The number of hydrogen-bond donors (Lipinski definition) is 2. The lowest BCUT2D eigenvalue weighted by Gasteiger charge is -2.27. The fourth-order valence-electron chi connectivity index (χ4n) is 2.62. The molecule has 0 amide bonds. The number of esters is 1. The van der Waals surface area contributed by atoms with Crippen molar-refractivity contribution in [1.82, 2.24) is 5.32 Å². The summed E-state index contributed by atoms with van der Waals surface area (Å²) >= 11 is 4.24. The molecule has 0 saturated heterocycles. The average molecular weight is 345 g/mol. The molecule has 1 heterocycles. The fourth-order valence-corrected chi connectivity index (χ4v) is 2.96. The molecular formula is C16H15N3O4S. The van der Waals surface area contributed by atoms with Crippen LogP contribution in [0.3, 0.4) is 0 Å². The first-order valence-corrected chi connectivity index (χ1v) is 7.58. The number of nitro groups is 1. The van der Waals surface area contributed by atoms with Crippen LogP contribution in [-0.4, -0.2) is 17.5 Å². The van der Waals surface area contributed by atoms with Crippen LogP contribution in [0.1, 0.15) is 25.3 Å². The summed E-state index contributed by atoms with van der Waals surface area (Å²) in [6.07, 6.45) is 0. The number of thiol groups is 1. The van der Waals surface area contributed by atoms with E-state index in [4.69, 9.17) is 4.74 Å². The SMILES string of the molecule is CCOC(=O)C1=C(C)NC(S)=C(C#N)[C@@H]1c1ccccc1[N+](=O)[O-]. The van der Waals surface area contributed by atoms with Gasteiger partial charge in [0.05, 0.1) is 39.7 Å². The molecule has 0 unspecified atom stereocenters. The molecule has 124 valence electrons. The van der Waals surface area contributed by atoms with E-state index in [2.05, 4.69) is 17.9 Å². The van der Waals surface area contributed by atoms with Crippen LogP contribution < -0.4 is 5.32 Å². The summed E-state index contributed by atoms with van der Waals surface area (Å²) in [4.78, 5) is 23.2. The van der Waals surface area contributed by atoms with Gasteiger partial charge in [-0.1, -0.05) is 18.2 Å². The molecule has 24 heavy (non-hydrogen) atoms. The first-order valence-electron chi connectivity index (χ1n) is 7.13. The molecule has 0 aromatic heterocycles. The van der Waals surface area contributed by atoms with E-state index >= 15 is 0 Å². The van der Waals surface area contributed by atoms with Gasteiger partial charge in [0, 0.05) is 17.3 Å². The van der Waals surface area contributed by atoms with Gasteiger partial charge in [-0.25, -0.2) is 4.79 Å². The van der Waals surface area contributed by atoms with Crippen molar-refractivity contribution in [2.45, 2.75) is 19.8 Å². The molecule has 8 heteroatoms. The molecule has 2 rings (SSSR count). The Kier molecular flexibility index (Phi) is 5.26. The van der Waals surface area contributed by atoms with Crippen molar-refractivity contribution < 1.29 is 14.5 Å². The maximum absolute atomic E-state index is 12.4. The zero-order valence-electron chi connectivity index (χ0n) is 13.1. The lowest BCUT2D eigenvalue weighted by molar-refractivity contribution is -0.385. The van der Waals surface area contributed by atoms with Crippen LogP contribution in [0, 0.1) is 21.4 Å². The van der Waals surface area contributed by atoms with Gasteiger partial charge in [0.15, 0.2) is 0 Å². The van der Waals surface area contributed by atoms with Crippen molar-refractivity contribution in [3.05, 3.63) is 61.8 Å². The van der Waals surface area contributed by atoms with E-state index in [1.54, 1.807) is 19.9 Å². The summed E-state index contributed by atoms with van der Waals surface area (Å²) in [5.74, 6) is -1.54. The van der Waals surface area contributed by atoms with Gasteiger partial charge in [-0.3, -0.25) is 10.1 Å². The molecule has 1 aliphatic heterocycles. The molecule has 1 aromatic carbocycles. The van der Waals surface area contributed by atoms with E-state index < -0.39 is 16.8 Å². The number of carbonyl (C=O) groups is 1. The summed E-state index contributed by atoms with van der Waals surface area (Å²) in [6, 6.07) is 8.00. The lowest BCUT2D eigenvalue weighted by atomic mass is 9.82. The number of ether oxygens (including phenoxy) is 1. The number of nitrogens with zero attached hydrogens (tertiary/aromatic N) is 2. The van der Waals surface area contributed by atoms with Gasteiger partial charge in [-0.15, -0.1) is 12.6 Å². The molecule has 0 spiro atoms. The third-order valence-corrected chi connectivity index (χ3v) is 3.96. The van der Waals surface area contributed by atoms with Gasteiger partial charge in [0.1, 0.15) is 0 Å². The standard InChI is InChI=1S/C16H15N3O4S/c1-3-23-16(20)13-9(2)18-15(24)11(8-17)14(13)10-6-4-5-7-12(10)19(21)22/h4-7,14,18,24H,3H2,1-2H3/t14-/m0/s1. The maximum Gasteiger partial charge on any atom is 0.336 e. The van der Waals surface area contributed by atoms with Gasteiger partial charge in [-0.2, -0.15) is 5.26 Å². The van der Waals surface area contributed by atoms with Crippen molar-refractivity contribution in [2.75, 3.05) is 6.61 Å². The Balaban J connectivity index is 2.73. The van der Waals surface area contributed by atoms with Gasteiger partial charge >= 0.3 is 5.97 Å². The maximum atomic E-state index is 12.4. The summed E-state index contributed by atoms with van der Waals surface area (Å²) in [6.45, 7) is 3.45. The van der Waals surface area contributed by atoms with E-state index in [0.29, 0.717) is 5.70 Å². The number of nitrogens with one attached hydrogen (secondary N) is 1. The van der Waals surface area contributed by atoms with E-state index in [9.17, 15) is 20.2 Å². The zero-order valence-corrected chi connectivity index (χ0v) is 14.0. The predicted octanol–water partition coefficient (Wildman–Crippen LogP) is 2.78. The normalized spacial score (nSPS) is 17.2. The zero-order chi connectivity index (χ0) is 17.9. The lowest BCUT2D eigenvalue weighted by Crippen LogP contribution is -2.28. The average Bonchev–Trinajstić information content (AvgIpc) is 2.54. The fraction of sp³-hybridized carbons (Fsp3) is 0.250. The Morgan fingerprint density at radius 1 is 1.50 bits per heavy atom. The molecule has 0 aliphatic carbocycles. The molecule has 0 radical (unpaired) electrons. The summed E-state index contributed by atoms with van der Waals surface area (Å²) in [7, 11) is 0. The molecule has 1 aromatic rings. The highest BCUT2D eigenvalue weighted by molar-refractivity contribution is 7.84. The Morgan fingerprint density at radius 3 is 2.75 bits per heavy atom. The van der Waals surface area contributed by atoms with Crippen LogP contribution in [0.5, 0.6) is 0 Å². The summed E-state index contributed by atoms with van der Waals surface area (Å²) < 4.78 is 5.07. The number of carbonyl (C=O) groups excluding carboxylic acids is 1. The second-order valence-electron chi connectivity index (χ2n) is 5.01. The highest BCUT2D eigenvalue weighted by Gasteiger charge is 2.37. The summed E-state index contributed by atoms with van der Waals surface area (Å²) in [5.41, 5.74) is 0.810. The molecule has 0 bridgehead atoms. The Labute approximate surface area is 144 Å². The van der Waals surface area contributed by atoms with Crippen molar-refractivity contribution in [3.8, 4) is 6.07 Å². The van der Waals surface area contributed by atoms with Gasteiger partial charge in [-0.05, 0) is 13.8 Å². The number of nitriles is 1. The van der Waals surface area contributed by atoms with Crippen LogP contribution in [-0.2, 0) is 9.53 Å². The molecule has 1 N–H and O–H groups in total.